The maximum atomic E-state index is 13.4. The molecule has 2 aromatic carbocycles. The van der Waals surface area contributed by atoms with Gasteiger partial charge in [-0.05, 0) is 48.9 Å². The third-order valence-corrected chi connectivity index (χ3v) is 4.64. The second-order valence-electron chi connectivity index (χ2n) is 6.75. The summed E-state index contributed by atoms with van der Waals surface area (Å²) in [6.07, 6.45) is 0.982. The average Bonchev–Trinajstić information content (AvgIpc) is 2.68. The van der Waals surface area contributed by atoms with Gasteiger partial charge in [-0.25, -0.2) is 4.39 Å². The van der Waals surface area contributed by atoms with Gasteiger partial charge in [-0.3, -0.25) is 9.69 Å². The Morgan fingerprint density at radius 3 is 2.50 bits per heavy atom. The largest absolute Gasteiger partial charge is 0.493 e. The van der Waals surface area contributed by atoms with E-state index in [0.717, 1.165) is 24.2 Å². The number of pyridine rings is 1. The van der Waals surface area contributed by atoms with E-state index in [-0.39, 0.29) is 5.43 Å². The summed E-state index contributed by atoms with van der Waals surface area (Å²) in [6, 6.07) is 11.7. The molecule has 3 aromatic rings. The number of aromatic amines is 1. The first-order valence-corrected chi connectivity index (χ1v) is 9.28. The van der Waals surface area contributed by atoms with Crippen LogP contribution in [0, 0.1) is 5.82 Å². The lowest BCUT2D eigenvalue weighted by Crippen LogP contribution is -2.25. The SMILES string of the molecule is CCCN(Cc1ccc(OC)c(OC)c1)Cc1cc(=O)c2cc(F)ccc2[nH]1. The second kappa shape index (κ2) is 8.89. The van der Waals surface area contributed by atoms with Crippen LogP contribution >= 0.6 is 0 Å². The highest BCUT2D eigenvalue weighted by atomic mass is 19.1. The Morgan fingerprint density at radius 1 is 1.00 bits per heavy atom. The van der Waals surface area contributed by atoms with Gasteiger partial charge in [0.05, 0.1) is 14.2 Å². The van der Waals surface area contributed by atoms with Gasteiger partial charge in [0.25, 0.3) is 0 Å². The Labute approximate surface area is 163 Å². The number of halogens is 1. The molecule has 1 N–H and O–H groups in total. The van der Waals surface area contributed by atoms with Crippen LogP contribution in [-0.2, 0) is 13.1 Å². The van der Waals surface area contributed by atoms with E-state index in [4.69, 9.17) is 9.47 Å². The van der Waals surface area contributed by atoms with Crippen LogP contribution in [0.4, 0.5) is 4.39 Å². The number of rotatable bonds is 8. The number of nitrogens with one attached hydrogen (secondary N) is 1. The molecule has 28 heavy (non-hydrogen) atoms. The molecular weight excluding hydrogens is 359 g/mol. The molecule has 1 heterocycles. The summed E-state index contributed by atoms with van der Waals surface area (Å²) in [5, 5.41) is 0.366. The van der Waals surface area contributed by atoms with Crippen molar-refractivity contribution in [2.24, 2.45) is 0 Å². The quantitative estimate of drug-likeness (QED) is 0.635. The van der Waals surface area contributed by atoms with E-state index in [1.54, 1.807) is 26.4 Å². The van der Waals surface area contributed by atoms with Crippen molar-refractivity contribution in [1.82, 2.24) is 9.88 Å². The zero-order valence-electron chi connectivity index (χ0n) is 16.4. The highest BCUT2D eigenvalue weighted by Gasteiger charge is 2.11. The van der Waals surface area contributed by atoms with Crippen molar-refractivity contribution in [1.29, 1.82) is 0 Å². The first-order valence-electron chi connectivity index (χ1n) is 9.28. The maximum Gasteiger partial charge on any atom is 0.189 e. The molecule has 0 spiro atoms. The van der Waals surface area contributed by atoms with Gasteiger partial charge in [0.1, 0.15) is 5.82 Å². The third-order valence-electron chi connectivity index (χ3n) is 4.64. The highest BCUT2D eigenvalue weighted by molar-refractivity contribution is 5.78. The molecule has 0 radical (unpaired) electrons. The van der Waals surface area contributed by atoms with Gasteiger partial charge in [-0.1, -0.05) is 13.0 Å². The van der Waals surface area contributed by atoms with Crippen LogP contribution in [0.2, 0.25) is 0 Å². The van der Waals surface area contributed by atoms with Crippen LogP contribution < -0.4 is 14.9 Å². The maximum absolute atomic E-state index is 13.4. The predicted molar refractivity (Wildman–Crippen MR) is 108 cm³/mol. The van der Waals surface area contributed by atoms with Crippen molar-refractivity contribution in [2.75, 3.05) is 20.8 Å². The van der Waals surface area contributed by atoms with Gasteiger partial charge < -0.3 is 14.5 Å². The summed E-state index contributed by atoms with van der Waals surface area (Å²) < 4.78 is 24.1. The number of H-pyrrole nitrogens is 1. The number of nitrogens with zero attached hydrogens (tertiary/aromatic N) is 1. The zero-order chi connectivity index (χ0) is 20.1. The van der Waals surface area contributed by atoms with E-state index >= 15 is 0 Å². The Kier molecular flexibility index (Phi) is 6.31. The van der Waals surface area contributed by atoms with Gasteiger partial charge in [0.15, 0.2) is 16.9 Å². The third kappa shape index (κ3) is 4.51. The van der Waals surface area contributed by atoms with Crippen LogP contribution in [0.5, 0.6) is 11.5 Å². The van der Waals surface area contributed by atoms with Crippen molar-refractivity contribution in [3.63, 3.8) is 0 Å². The molecule has 0 atom stereocenters. The Hall–Kier alpha value is -2.86. The average molecular weight is 384 g/mol. The lowest BCUT2D eigenvalue weighted by Gasteiger charge is -2.22. The van der Waals surface area contributed by atoms with Crippen molar-refractivity contribution < 1.29 is 13.9 Å². The summed E-state index contributed by atoms with van der Waals surface area (Å²) in [6.45, 7) is 4.29. The standard InChI is InChI=1S/C22H25FN2O3/c1-4-9-25(13-15-5-8-21(27-2)22(10-15)28-3)14-17-12-20(26)18-11-16(23)6-7-19(18)24-17/h5-8,10-12H,4,9,13-14H2,1-3H3,(H,24,26). The predicted octanol–water partition coefficient (Wildman–Crippen LogP) is 4.10. The number of hydrogen-bond donors (Lipinski definition) is 1. The Balaban J connectivity index is 1.84. The molecule has 0 unspecified atom stereocenters. The van der Waals surface area contributed by atoms with E-state index in [0.29, 0.717) is 35.5 Å². The highest BCUT2D eigenvalue weighted by Crippen LogP contribution is 2.28. The van der Waals surface area contributed by atoms with Crippen LogP contribution in [0.1, 0.15) is 24.6 Å². The van der Waals surface area contributed by atoms with Crippen LogP contribution in [-0.4, -0.2) is 30.6 Å². The molecule has 0 saturated carbocycles. The molecule has 1 aromatic heterocycles. The molecule has 0 aliphatic rings. The fourth-order valence-electron chi connectivity index (χ4n) is 3.37. The molecule has 3 rings (SSSR count). The van der Waals surface area contributed by atoms with Crippen LogP contribution in [0.15, 0.2) is 47.3 Å². The van der Waals surface area contributed by atoms with Gasteiger partial charge in [0, 0.05) is 35.8 Å². The van der Waals surface area contributed by atoms with Gasteiger partial charge in [-0.2, -0.15) is 0 Å². The summed E-state index contributed by atoms with van der Waals surface area (Å²) >= 11 is 0. The first kappa shape index (κ1) is 19.9. The van der Waals surface area contributed by atoms with Crippen molar-refractivity contribution in [3.8, 4) is 11.5 Å². The minimum absolute atomic E-state index is 0.175. The number of ether oxygens (including phenoxy) is 2. The van der Waals surface area contributed by atoms with Crippen LogP contribution in [0.25, 0.3) is 10.9 Å². The van der Waals surface area contributed by atoms with E-state index < -0.39 is 5.82 Å². The van der Waals surface area contributed by atoms with Crippen molar-refractivity contribution in [3.05, 3.63) is 69.8 Å². The lowest BCUT2D eigenvalue weighted by molar-refractivity contribution is 0.254. The molecule has 0 amide bonds. The lowest BCUT2D eigenvalue weighted by atomic mass is 10.1. The van der Waals surface area contributed by atoms with Crippen molar-refractivity contribution in [2.45, 2.75) is 26.4 Å². The molecule has 6 heteroatoms. The topological polar surface area (TPSA) is 54.6 Å². The summed E-state index contributed by atoms with van der Waals surface area (Å²) in [5.74, 6) is 0.976. The summed E-state index contributed by atoms with van der Waals surface area (Å²) in [4.78, 5) is 17.9. The van der Waals surface area contributed by atoms with E-state index in [1.807, 2.05) is 18.2 Å². The van der Waals surface area contributed by atoms with E-state index in [1.165, 1.54) is 12.1 Å². The fourth-order valence-corrected chi connectivity index (χ4v) is 3.37. The molecule has 0 bridgehead atoms. The van der Waals surface area contributed by atoms with Crippen molar-refractivity contribution >= 4 is 10.9 Å². The molecule has 0 aliphatic carbocycles. The normalized spacial score (nSPS) is 11.2. The van der Waals surface area contributed by atoms with Gasteiger partial charge in [0.2, 0.25) is 0 Å². The summed E-state index contributed by atoms with van der Waals surface area (Å²) in [7, 11) is 3.23. The molecule has 0 saturated heterocycles. The molecule has 0 aliphatic heterocycles. The summed E-state index contributed by atoms with van der Waals surface area (Å²) in [5.41, 5.74) is 2.37. The Bertz CT molecular complexity index is 1020. The molecule has 5 nitrogen and oxygen atoms in total. The number of benzene rings is 2. The minimum atomic E-state index is -0.410. The van der Waals surface area contributed by atoms with Gasteiger partial charge >= 0.3 is 0 Å². The van der Waals surface area contributed by atoms with Gasteiger partial charge in [-0.15, -0.1) is 0 Å². The fraction of sp³-hybridized carbons (Fsp3) is 0.318. The molecular formula is C22H25FN2O3. The van der Waals surface area contributed by atoms with Crippen LogP contribution in [0.3, 0.4) is 0 Å². The van der Waals surface area contributed by atoms with E-state index in [2.05, 4.69) is 16.8 Å². The minimum Gasteiger partial charge on any atom is -0.493 e. The number of fused-ring (bicyclic) bond motifs is 1. The number of methoxy groups -OCH3 is 2. The first-order chi connectivity index (χ1) is 13.5. The zero-order valence-corrected chi connectivity index (χ0v) is 16.4. The molecule has 0 fully saturated rings. The van der Waals surface area contributed by atoms with E-state index in [9.17, 15) is 9.18 Å². The Morgan fingerprint density at radius 2 is 1.79 bits per heavy atom. The monoisotopic (exact) mass is 384 g/mol. The second-order valence-corrected chi connectivity index (χ2v) is 6.75. The number of hydrogen-bond acceptors (Lipinski definition) is 4. The number of aromatic nitrogens is 1. The smallest absolute Gasteiger partial charge is 0.189 e. The molecule has 148 valence electrons.